The van der Waals surface area contributed by atoms with Crippen molar-refractivity contribution in [3.63, 3.8) is 0 Å². The zero-order chi connectivity index (χ0) is 12.4. The van der Waals surface area contributed by atoms with E-state index in [-0.39, 0.29) is 0 Å². The molecular formula is C12H12BrIN2O. The van der Waals surface area contributed by atoms with Gasteiger partial charge in [0.25, 0.3) is 0 Å². The smallest absolute Gasteiger partial charge is 0.138 e. The van der Waals surface area contributed by atoms with Gasteiger partial charge < -0.3 is 9.84 Å². The van der Waals surface area contributed by atoms with Gasteiger partial charge in [-0.2, -0.15) is 0 Å². The summed E-state index contributed by atoms with van der Waals surface area (Å²) in [5, 5.41) is 7.33. The maximum atomic E-state index is 5.13. The SMILES string of the molecule is Cc1noc(C)c1CNc1cc(I)ccc1Br. The summed E-state index contributed by atoms with van der Waals surface area (Å²) >= 11 is 5.82. The minimum Gasteiger partial charge on any atom is -0.380 e. The molecule has 1 aromatic carbocycles. The summed E-state index contributed by atoms with van der Waals surface area (Å²) in [7, 11) is 0. The molecule has 2 rings (SSSR count). The minimum absolute atomic E-state index is 0.722. The number of anilines is 1. The first-order valence-corrected chi connectivity index (χ1v) is 7.06. The molecule has 90 valence electrons. The normalized spacial score (nSPS) is 10.6. The van der Waals surface area contributed by atoms with Crippen molar-refractivity contribution < 1.29 is 4.52 Å². The summed E-state index contributed by atoms with van der Waals surface area (Å²) < 4.78 is 7.40. The summed E-state index contributed by atoms with van der Waals surface area (Å²) in [5.74, 6) is 0.872. The van der Waals surface area contributed by atoms with Crippen LogP contribution in [0.3, 0.4) is 0 Å². The molecule has 0 amide bonds. The van der Waals surface area contributed by atoms with E-state index >= 15 is 0 Å². The van der Waals surface area contributed by atoms with E-state index in [1.54, 1.807) is 0 Å². The van der Waals surface area contributed by atoms with Crippen molar-refractivity contribution in [1.82, 2.24) is 5.16 Å². The predicted molar refractivity (Wildman–Crippen MR) is 80.2 cm³/mol. The first-order valence-electron chi connectivity index (χ1n) is 5.18. The third-order valence-electron chi connectivity index (χ3n) is 2.57. The molecular weight excluding hydrogens is 395 g/mol. The maximum absolute atomic E-state index is 5.13. The van der Waals surface area contributed by atoms with E-state index in [1.165, 1.54) is 3.57 Å². The average molecular weight is 407 g/mol. The molecule has 5 heteroatoms. The summed E-state index contributed by atoms with van der Waals surface area (Å²) in [4.78, 5) is 0. The molecule has 17 heavy (non-hydrogen) atoms. The van der Waals surface area contributed by atoms with Gasteiger partial charge in [-0.05, 0) is 70.6 Å². The average Bonchev–Trinajstić information content (AvgIpc) is 2.61. The Morgan fingerprint density at radius 3 is 2.82 bits per heavy atom. The number of nitrogens with one attached hydrogen (secondary N) is 1. The Balaban J connectivity index is 2.15. The van der Waals surface area contributed by atoms with E-state index in [2.05, 4.69) is 61.1 Å². The molecule has 0 radical (unpaired) electrons. The number of benzene rings is 1. The first-order chi connectivity index (χ1) is 8.08. The van der Waals surface area contributed by atoms with Crippen molar-refractivity contribution in [2.45, 2.75) is 20.4 Å². The van der Waals surface area contributed by atoms with E-state index in [4.69, 9.17) is 4.52 Å². The summed E-state index contributed by atoms with van der Waals surface area (Å²) in [6.45, 7) is 4.61. The van der Waals surface area contributed by atoms with Gasteiger partial charge in [-0.1, -0.05) is 5.16 Å². The van der Waals surface area contributed by atoms with Crippen molar-refractivity contribution in [2.24, 2.45) is 0 Å². The zero-order valence-corrected chi connectivity index (χ0v) is 13.3. The second-order valence-corrected chi connectivity index (χ2v) is 5.88. The number of aryl methyl sites for hydroxylation is 2. The second kappa shape index (κ2) is 5.39. The Bertz CT molecular complexity index is 520. The lowest BCUT2D eigenvalue weighted by Crippen LogP contribution is -2.02. The van der Waals surface area contributed by atoms with E-state index in [0.717, 1.165) is 33.7 Å². The number of aromatic nitrogens is 1. The fourth-order valence-electron chi connectivity index (χ4n) is 1.57. The first kappa shape index (κ1) is 12.9. The van der Waals surface area contributed by atoms with Gasteiger partial charge in [0.15, 0.2) is 0 Å². The number of hydrogen-bond donors (Lipinski definition) is 1. The van der Waals surface area contributed by atoms with Crippen molar-refractivity contribution in [3.05, 3.63) is 43.3 Å². The van der Waals surface area contributed by atoms with Gasteiger partial charge in [0.2, 0.25) is 0 Å². The molecule has 0 saturated heterocycles. The van der Waals surface area contributed by atoms with Crippen LogP contribution in [0.15, 0.2) is 27.2 Å². The Morgan fingerprint density at radius 1 is 1.41 bits per heavy atom. The lowest BCUT2D eigenvalue weighted by atomic mass is 10.2. The predicted octanol–water partition coefficient (Wildman–Crippen LogP) is 4.27. The third-order valence-corrected chi connectivity index (χ3v) is 3.93. The van der Waals surface area contributed by atoms with Crippen LogP contribution in [0.25, 0.3) is 0 Å². The molecule has 0 fully saturated rings. The number of nitrogens with zero attached hydrogens (tertiary/aromatic N) is 1. The van der Waals surface area contributed by atoms with Gasteiger partial charge >= 0.3 is 0 Å². The fourth-order valence-corrected chi connectivity index (χ4v) is 2.45. The van der Waals surface area contributed by atoms with Gasteiger partial charge in [-0.25, -0.2) is 0 Å². The molecule has 0 aliphatic carbocycles. The van der Waals surface area contributed by atoms with Crippen LogP contribution in [0.1, 0.15) is 17.0 Å². The maximum Gasteiger partial charge on any atom is 0.138 e. The Morgan fingerprint density at radius 2 is 2.18 bits per heavy atom. The standard InChI is InChI=1S/C12H12BrIN2O/c1-7-10(8(2)17-16-7)6-15-12-5-9(14)3-4-11(12)13/h3-5,15H,6H2,1-2H3. The zero-order valence-electron chi connectivity index (χ0n) is 9.55. The molecule has 0 atom stereocenters. The highest BCUT2D eigenvalue weighted by molar-refractivity contribution is 14.1. The topological polar surface area (TPSA) is 38.1 Å². The molecule has 1 N–H and O–H groups in total. The Hall–Kier alpha value is -0.560. The van der Waals surface area contributed by atoms with Crippen LogP contribution in [0.2, 0.25) is 0 Å². The van der Waals surface area contributed by atoms with Crippen LogP contribution in [-0.2, 0) is 6.54 Å². The molecule has 0 aliphatic rings. The van der Waals surface area contributed by atoms with E-state index in [0.29, 0.717) is 0 Å². The minimum atomic E-state index is 0.722. The lowest BCUT2D eigenvalue weighted by Gasteiger charge is -2.08. The second-order valence-electron chi connectivity index (χ2n) is 3.78. The molecule has 0 bridgehead atoms. The Labute approximate surface area is 122 Å². The van der Waals surface area contributed by atoms with E-state index < -0.39 is 0 Å². The molecule has 2 aromatic rings. The number of hydrogen-bond acceptors (Lipinski definition) is 3. The van der Waals surface area contributed by atoms with Crippen molar-refractivity contribution in [1.29, 1.82) is 0 Å². The van der Waals surface area contributed by atoms with Gasteiger partial charge in [0.05, 0.1) is 5.69 Å². The molecule has 0 saturated carbocycles. The van der Waals surface area contributed by atoms with Crippen LogP contribution in [0.5, 0.6) is 0 Å². The van der Waals surface area contributed by atoms with Crippen molar-refractivity contribution >= 4 is 44.2 Å². The monoisotopic (exact) mass is 406 g/mol. The highest BCUT2D eigenvalue weighted by Crippen LogP contribution is 2.25. The summed E-state index contributed by atoms with van der Waals surface area (Å²) in [6, 6.07) is 6.20. The van der Waals surface area contributed by atoms with Gasteiger partial charge in [0, 0.05) is 25.8 Å². The van der Waals surface area contributed by atoms with Gasteiger partial charge in [0.1, 0.15) is 5.76 Å². The van der Waals surface area contributed by atoms with Gasteiger partial charge in [-0.15, -0.1) is 0 Å². The van der Waals surface area contributed by atoms with Crippen molar-refractivity contribution in [2.75, 3.05) is 5.32 Å². The lowest BCUT2D eigenvalue weighted by molar-refractivity contribution is 0.392. The van der Waals surface area contributed by atoms with Crippen LogP contribution in [0.4, 0.5) is 5.69 Å². The van der Waals surface area contributed by atoms with Crippen molar-refractivity contribution in [3.8, 4) is 0 Å². The van der Waals surface area contributed by atoms with E-state index in [1.807, 2.05) is 19.9 Å². The van der Waals surface area contributed by atoms with Crippen LogP contribution in [-0.4, -0.2) is 5.16 Å². The van der Waals surface area contributed by atoms with Crippen LogP contribution >= 0.6 is 38.5 Å². The molecule has 0 unspecified atom stereocenters. The quantitative estimate of drug-likeness (QED) is 0.773. The van der Waals surface area contributed by atoms with E-state index in [9.17, 15) is 0 Å². The molecule has 0 aliphatic heterocycles. The van der Waals surface area contributed by atoms with Gasteiger partial charge in [-0.3, -0.25) is 0 Å². The number of halogens is 2. The summed E-state index contributed by atoms with van der Waals surface area (Å²) in [6.07, 6.45) is 0. The van der Waals surface area contributed by atoms with Crippen LogP contribution < -0.4 is 5.32 Å². The van der Waals surface area contributed by atoms with Crippen LogP contribution in [0, 0.1) is 17.4 Å². The fraction of sp³-hybridized carbons (Fsp3) is 0.250. The Kier molecular flexibility index (Phi) is 4.09. The largest absolute Gasteiger partial charge is 0.380 e. The molecule has 0 spiro atoms. The number of rotatable bonds is 3. The highest BCUT2D eigenvalue weighted by Gasteiger charge is 2.09. The highest BCUT2D eigenvalue weighted by atomic mass is 127. The molecule has 3 nitrogen and oxygen atoms in total. The molecule has 1 aromatic heterocycles. The molecule has 1 heterocycles. The summed E-state index contributed by atoms with van der Waals surface area (Å²) in [5.41, 5.74) is 3.14. The third kappa shape index (κ3) is 3.01.